The van der Waals surface area contributed by atoms with Crippen molar-refractivity contribution in [2.45, 2.75) is 26.2 Å². The first-order valence-corrected chi connectivity index (χ1v) is 6.31. The highest BCUT2D eigenvalue weighted by Gasteiger charge is 2.32. The van der Waals surface area contributed by atoms with Crippen molar-refractivity contribution in [1.82, 2.24) is 0 Å². The molecule has 2 rings (SSSR count). The Morgan fingerprint density at radius 3 is 2.89 bits per heavy atom. The summed E-state index contributed by atoms with van der Waals surface area (Å²) in [4.78, 5) is 23.6. The summed E-state index contributed by atoms with van der Waals surface area (Å²) < 4.78 is 0. The van der Waals surface area contributed by atoms with Crippen LogP contribution < -0.4 is 11.1 Å². The summed E-state index contributed by atoms with van der Waals surface area (Å²) in [7, 11) is 0. The first kappa shape index (κ1) is 12.6. The maximum absolute atomic E-state index is 12.2. The van der Waals surface area contributed by atoms with Crippen LogP contribution >= 0.6 is 0 Å². The Labute approximate surface area is 107 Å². The summed E-state index contributed by atoms with van der Waals surface area (Å²) in [6, 6.07) is 7.74. The molecule has 0 fully saturated rings. The van der Waals surface area contributed by atoms with Crippen molar-refractivity contribution in [3.05, 3.63) is 29.8 Å². The molecule has 1 aliphatic rings. The summed E-state index contributed by atoms with van der Waals surface area (Å²) >= 11 is 0. The van der Waals surface area contributed by atoms with Crippen LogP contribution in [0.15, 0.2) is 24.3 Å². The molecule has 2 amide bonds. The van der Waals surface area contributed by atoms with E-state index in [4.69, 9.17) is 5.73 Å². The van der Waals surface area contributed by atoms with E-state index in [-0.39, 0.29) is 23.7 Å². The third-order valence-electron chi connectivity index (χ3n) is 3.63. The van der Waals surface area contributed by atoms with E-state index in [1.54, 1.807) is 0 Å². The number of benzene rings is 1. The third-order valence-corrected chi connectivity index (χ3v) is 3.63. The minimum atomic E-state index is -0.386. The van der Waals surface area contributed by atoms with Crippen molar-refractivity contribution in [2.24, 2.45) is 17.6 Å². The van der Waals surface area contributed by atoms with Crippen LogP contribution in [0.5, 0.6) is 0 Å². The summed E-state index contributed by atoms with van der Waals surface area (Å²) in [6.45, 7) is 1.89. The number of aryl methyl sites for hydroxylation is 1. The molecule has 1 heterocycles. The first-order chi connectivity index (χ1) is 8.63. The predicted molar refractivity (Wildman–Crippen MR) is 69.9 cm³/mol. The lowest BCUT2D eigenvalue weighted by Gasteiger charge is -2.20. The van der Waals surface area contributed by atoms with Crippen molar-refractivity contribution in [3.8, 4) is 0 Å². The Kier molecular flexibility index (Phi) is 3.65. The molecule has 4 heteroatoms. The molecule has 0 aliphatic carbocycles. The van der Waals surface area contributed by atoms with E-state index in [1.807, 2.05) is 31.2 Å². The van der Waals surface area contributed by atoms with E-state index in [2.05, 4.69) is 5.32 Å². The summed E-state index contributed by atoms with van der Waals surface area (Å²) in [5, 5.41) is 2.90. The minimum absolute atomic E-state index is 0.0920. The molecule has 1 aromatic rings. The van der Waals surface area contributed by atoms with Gasteiger partial charge in [0, 0.05) is 11.6 Å². The fraction of sp³-hybridized carbons (Fsp3) is 0.429. The molecular formula is C14H18N2O2. The van der Waals surface area contributed by atoms with Gasteiger partial charge in [0.25, 0.3) is 0 Å². The Balaban J connectivity index is 2.24. The molecule has 18 heavy (non-hydrogen) atoms. The lowest BCUT2D eigenvalue weighted by atomic mass is 9.85. The van der Waals surface area contributed by atoms with Gasteiger partial charge in [0.2, 0.25) is 11.8 Å². The SMILES string of the molecule is CCC(C(N)=O)C1CCc2ccccc2NC1=O. The van der Waals surface area contributed by atoms with Gasteiger partial charge in [-0.05, 0) is 30.9 Å². The van der Waals surface area contributed by atoms with Crippen LogP contribution in [0, 0.1) is 11.8 Å². The van der Waals surface area contributed by atoms with Gasteiger partial charge in [0.05, 0.1) is 5.92 Å². The fourth-order valence-corrected chi connectivity index (χ4v) is 2.60. The van der Waals surface area contributed by atoms with Crippen LogP contribution in [0.25, 0.3) is 0 Å². The second-order valence-electron chi connectivity index (χ2n) is 4.71. The molecule has 2 atom stereocenters. The van der Waals surface area contributed by atoms with Crippen molar-refractivity contribution < 1.29 is 9.59 Å². The van der Waals surface area contributed by atoms with E-state index in [0.717, 1.165) is 17.7 Å². The molecule has 0 bridgehead atoms. The number of hydrogen-bond donors (Lipinski definition) is 2. The van der Waals surface area contributed by atoms with E-state index < -0.39 is 0 Å². The summed E-state index contributed by atoms with van der Waals surface area (Å²) in [6.07, 6.45) is 2.07. The number of hydrogen-bond acceptors (Lipinski definition) is 2. The Morgan fingerprint density at radius 1 is 1.50 bits per heavy atom. The highest BCUT2D eigenvalue weighted by Crippen LogP contribution is 2.29. The molecule has 96 valence electrons. The second kappa shape index (κ2) is 5.21. The van der Waals surface area contributed by atoms with Gasteiger partial charge in [0.1, 0.15) is 0 Å². The molecular weight excluding hydrogens is 228 g/mol. The smallest absolute Gasteiger partial charge is 0.228 e. The fourth-order valence-electron chi connectivity index (χ4n) is 2.60. The van der Waals surface area contributed by atoms with Crippen LogP contribution in [0.3, 0.4) is 0 Å². The normalized spacial score (nSPS) is 20.5. The van der Waals surface area contributed by atoms with Crippen LogP contribution in [0.4, 0.5) is 5.69 Å². The number of primary amides is 1. The Morgan fingerprint density at radius 2 is 2.22 bits per heavy atom. The average Bonchev–Trinajstić information content (AvgIpc) is 2.50. The van der Waals surface area contributed by atoms with Crippen molar-refractivity contribution >= 4 is 17.5 Å². The second-order valence-corrected chi connectivity index (χ2v) is 4.71. The molecule has 0 saturated carbocycles. The Bertz CT molecular complexity index is 471. The number of anilines is 1. The third kappa shape index (κ3) is 2.37. The van der Waals surface area contributed by atoms with Crippen LogP contribution in [0.1, 0.15) is 25.3 Å². The van der Waals surface area contributed by atoms with Gasteiger partial charge in [-0.3, -0.25) is 9.59 Å². The van der Waals surface area contributed by atoms with Crippen molar-refractivity contribution in [3.63, 3.8) is 0 Å². The lowest BCUT2D eigenvalue weighted by molar-refractivity contribution is -0.130. The molecule has 1 aromatic carbocycles. The van der Waals surface area contributed by atoms with Crippen molar-refractivity contribution in [2.75, 3.05) is 5.32 Å². The number of para-hydroxylation sites is 1. The number of rotatable bonds is 3. The molecule has 4 nitrogen and oxygen atoms in total. The molecule has 0 radical (unpaired) electrons. The predicted octanol–water partition coefficient (Wildman–Crippen LogP) is 1.70. The summed E-state index contributed by atoms with van der Waals surface area (Å²) in [5.41, 5.74) is 7.35. The maximum atomic E-state index is 12.2. The largest absolute Gasteiger partial charge is 0.369 e. The molecule has 0 saturated heterocycles. The highest BCUT2D eigenvalue weighted by molar-refractivity contribution is 5.97. The standard InChI is InChI=1S/C14H18N2O2/c1-2-10(13(15)17)11-8-7-9-5-3-4-6-12(9)16-14(11)18/h3-6,10-11H,2,7-8H2,1H3,(H2,15,17)(H,16,18). The van der Waals surface area contributed by atoms with Crippen molar-refractivity contribution in [1.29, 1.82) is 0 Å². The van der Waals surface area contributed by atoms with Gasteiger partial charge in [-0.2, -0.15) is 0 Å². The van der Waals surface area contributed by atoms with Gasteiger partial charge in [-0.15, -0.1) is 0 Å². The van der Waals surface area contributed by atoms with Crippen LogP contribution in [-0.2, 0) is 16.0 Å². The first-order valence-electron chi connectivity index (χ1n) is 6.31. The number of nitrogens with one attached hydrogen (secondary N) is 1. The van der Waals surface area contributed by atoms with Crippen LogP contribution in [0.2, 0.25) is 0 Å². The number of nitrogens with two attached hydrogens (primary N) is 1. The quantitative estimate of drug-likeness (QED) is 0.852. The number of amides is 2. The number of carbonyl (C=O) groups is 2. The van der Waals surface area contributed by atoms with Gasteiger partial charge >= 0.3 is 0 Å². The summed E-state index contributed by atoms with van der Waals surface area (Å²) in [5.74, 6) is -1.17. The highest BCUT2D eigenvalue weighted by atomic mass is 16.2. The maximum Gasteiger partial charge on any atom is 0.228 e. The van der Waals surface area contributed by atoms with Gasteiger partial charge < -0.3 is 11.1 Å². The molecule has 1 aliphatic heterocycles. The zero-order valence-electron chi connectivity index (χ0n) is 10.5. The van der Waals surface area contributed by atoms with Gasteiger partial charge in [-0.25, -0.2) is 0 Å². The number of carbonyl (C=O) groups excluding carboxylic acids is 2. The molecule has 0 aromatic heterocycles. The lowest BCUT2D eigenvalue weighted by Crippen LogP contribution is -2.36. The zero-order chi connectivity index (χ0) is 13.1. The van der Waals surface area contributed by atoms with Gasteiger partial charge in [0.15, 0.2) is 0 Å². The topological polar surface area (TPSA) is 72.2 Å². The molecule has 3 N–H and O–H groups in total. The zero-order valence-corrected chi connectivity index (χ0v) is 10.5. The molecule has 0 spiro atoms. The van der Waals surface area contributed by atoms with Gasteiger partial charge in [-0.1, -0.05) is 25.1 Å². The minimum Gasteiger partial charge on any atom is -0.369 e. The average molecular weight is 246 g/mol. The van der Waals surface area contributed by atoms with E-state index in [9.17, 15) is 9.59 Å². The molecule has 2 unspecified atom stereocenters. The Hall–Kier alpha value is -1.84. The van der Waals surface area contributed by atoms with Crippen LogP contribution in [-0.4, -0.2) is 11.8 Å². The van der Waals surface area contributed by atoms with E-state index >= 15 is 0 Å². The van der Waals surface area contributed by atoms with E-state index in [1.165, 1.54) is 0 Å². The number of fused-ring (bicyclic) bond motifs is 1. The van der Waals surface area contributed by atoms with E-state index in [0.29, 0.717) is 12.8 Å². The monoisotopic (exact) mass is 246 g/mol.